The number of nitrogens with zero attached hydrogens (tertiary/aromatic N) is 1. The van der Waals surface area contributed by atoms with Gasteiger partial charge in [0.25, 0.3) is 0 Å². The number of Topliss-reactive ketones (excluding diaryl/α,β-unsaturated/α-hetero) is 1. The predicted molar refractivity (Wildman–Crippen MR) is 68.0 cm³/mol. The Morgan fingerprint density at radius 3 is 3.12 bits per heavy atom. The Bertz CT molecular complexity index is 267. The number of hydrogen-bond donors (Lipinski definition) is 0. The monoisotopic (exact) mass is 239 g/mol. The summed E-state index contributed by atoms with van der Waals surface area (Å²) in [5.41, 5.74) is 0. The quantitative estimate of drug-likeness (QED) is 0.737. The van der Waals surface area contributed by atoms with Crippen molar-refractivity contribution in [2.45, 2.75) is 58.1 Å². The molecular weight excluding hydrogens is 214 g/mol. The molecule has 0 saturated carbocycles. The SMILES string of the molecule is CCCC(C)CC(=O)C1CN2CCCC2CO1. The highest BCUT2D eigenvalue weighted by Gasteiger charge is 2.35. The van der Waals surface area contributed by atoms with Crippen molar-refractivity contribution in [2.24, 2.45) is 5.92 Å². The lowest BCUT2D eigenvalue weighted by Gasteiger charge is -2.34. The van der Waals surface area contributed by atoms with Gasteiger partial charge in [-0.3, -0.25) is 9.69 Å². The van der Waals surface area contributed by atoms with Crippen molar-refractivity contribution in [1.82, 2.24) is 4.90 Å². The second-order valence-electron chi connectivity index (χ2n) is 5.68. The molecule has 2 aliphatic rings. The largest absolute Gasteiger partial charge is 0.367 e. The highest BCUT2D eigenvalue weighted by atomic mass is 16.5. The maximum Gasteiger partial charge on any atom is 0.163 e. The van der Waals surface area contributed by atoms with Crippen LogP contribution in [0.3, 0.4) is 0 Å². The van der Waals surface area contributed by atoms with Crippen molar-refractivity contribution in [3.05, 3.63) is 0 Å². The molecule has 0 aromatic heterocycles. The normalized spacial score (nSPS) is 31.2. The zero-order valence-electron chi connectivity index (χ0n) is 11.2. The van der Waals surface area contributed by atoms with E-state index in [1.807, 2.05) is 0 Å². The molecule has 2 fully saturated rings. The van der Waals surface area contributed by atoms with Crippen molar-refractivity contribution in [3.63, 3.8) is 0 Å². The molecule has 2 aliphatic heterocycles. The molecule has 0 spiro atoms. The maximum absolute atomic E-state index is 12.1. The molecule has 2 rings (SSSR count). The van der Waals surface area contributed by atoms with Gasteiger partial charge in [-0.25, -0.2) is 0 Å². The first-order valence-corrected chi connectivity index (χ1v) is 7.09. The summed E-state index contributed by atoms with van der Waals surface area (Å²) in [6.07, 6.45) is 5.35. The van der Waals surface area contributed by atoms with E-state index in [0.717, 1.165) is 32.5 Å². The molecule has 0 amide bonds. The zero-order chi connectivity index (χ0) is 12.3. The summed E-state index contributed by atoms with van der Waals surface area (Å²) >= 11 is 0. The molecule has 98 valence electrons. The van der Waals surface area contributed by atoms with Crippen LogP contribution in [0.4, 0.5) is 0 Å². The van der Waals surface area contributed by atoms with E-state index in [2.05, 4.69) is 18.7 Å². The number of carbonyl (C=O) groups is 1. The van der Waals surface area contributed by atoms with Crippen molar-refractivity contribution in [1.29, 1.82) is 0 Å². The number of morpholine rings is 1. The van der Waals surface area contributed by atoms with Crippen molar-refractivity contribution < 1.29 is 9.53 Å². The zero-order valence-corrected chi connectivity index (χ0v) is 11.2. The number of ketones is 1. The lowest BCUT2D eigenvalue weighted by Crippen LogP contribution is -2.49. The molecule has 17 heavy (non-hydrogen) atoms. The van der Waals surface area contributed by atoms with Gasteiger partial charge in [0.2, 0.25) is 0 Å². The van der Waals surface area contributed by atoms with Crippen LogP contribution in [0.2, 0.25) is 0 Å². The highest BCUT2D eigenvalue weighted by molar-refractivity contribution is 5.83. The van der Waals surface area contributed by atoms with E-state index in [0.29, 0.717) is 24.2 Å². The van der Waals surface area contributed by atoms with E-state index in [-0.39, 0.29) is 6.10 Å². The lowest BCUT2D eigenvalue weighted by molar-refractivity contribution is -0.139. The Balaban J connectivity index is 1.80. The van der Waals surface area contributed by atoms with Crippen molar-refractivity contribution in [3.8, 4) is 0 Å². The molecule has 0 bridgehead atoms. The summed E-state index contributed by atoms with van der Waals surface area (Å²) < 4.78 is 5.74. The van der Waals surface area contributed by atoms with Crippen LogP contribution in [0.25, 0.3) is 0 Å². The van der Waals surface area contributed by atoms with E-state index in [1.54, 1.807) is 0 Å². The first-order valence-electron chi connectivity index (χ1n) is 7.09. The molecule has 0 aromatic carbocycles. The maximum atomic E-state index is 12.1. The van der Waals surface area contributed by atoms with Gasteiger partial charge in [0.05, 0.1) is 6.61 Å². The summed E-state index contributed by atoms with van der Waals surface area (Å²) in [6, 6.07) is 0.590. The summed E-state index contributed by atoms with van der Waals surface area (Å²) in [5.74, 6) is 0.823. The lowest BCUT2D eigenvalue weighted by atomic mass is 9.96. The summed E-state index contributed by atoms with van der Waals surface area (Å²) in [6.45, 7) is 7.10. The molecule has 0 N–H and O–H groups in total. The van der Waals surface area contributed by atoms with Gasteiger partial charge < -0.3 is 4.74 Å². The van der Waals surface area contributed by atoms with Crippen LogP contribution >= 0.6 is 0 Å². The third-order valence-electron chi connectivity index (χ3n) is 4.08. The molecule has 3 nitrogen and oxygen atoms in total. The number of ether oxygens (including phenoxy) is 1. The van der Waals surface area contributed by atoms with E-state index in [1.165, 1.54) is 12.8 Å². The molecular formula is C14H25NO2. The Kier molecular flexibility index (Phi) is 4.57. The van der Waals surface area contributed by atoms with Crippen molar-refractivity contribution in [2.75, 3.05) is 19.7 Å². The Labute approximate surface area is 105 Å². The minimum atomic E-state index is -0.149. The van der Waals surface area contributed by atoms with E-state index >= 15 is 0 Å². The van der Waals surface area contributed by atoms with Crippen LogP contribution in [0.15, 0.2) is 0 Å². The molecule has 0 radical (unpaired) electrons. The summed E-state index contributed by atoms with van der Waals surface area (Å²) in [5, 5.41) is 0. The second kappa shape index (κ2) is 5.96. The Hall–Kier alpha value is -0.410. The smallest absolute Gasteiger partial charge is 0.163 e. The van der Waals surface area contributed by atoms with Gasteiger partial charge in [-0.1, -0.05) is 26.7 Å². The predicted octanol–water partition coefficient (Wildman–Crippen LogP) is 2.25. The van der Waals surface area contributed by atoms with Crippen LogP contribution < -0.4 is 0 Å². The van der Waals surface area contributed by atoms with E-state index < -0.39 is 0 Å². The molecule has 3 atom stereocenters. The second-order valence-corrected chi connectivity index (χ2v) is 5.68. The minimum absolute atomic E-state index is 0.149. The minimum Gasteiger partial charge on any atom is -0.367 e. The van der Waals surface area contributed by atoms with Gasteiger partial charge in [-0.2, -0.15) is 0 Å². The first-order chi connectivity index (χ1) is 8.20. The summed E-state index contributed by atoms with van der Waals surface area (Å²) in [7, 11) is 0. The Morgan fingerprint density at radius 2 is 2.35 bits per heavy atom. The van der Waals surface area contributed by atoms with Gasteiger partial charge in [0.1, 0.15) is 6.10 Å². The number of hydrogen-bond acceptors (Lipinski definition) is 3. The Morgan fingerprint density at radius 1 is 1.53 bits per heavy atom. The number of carbonyl (C=O) groups excluding carboxylic acids is 1. The molecule has 2 heterocycles. The first kappa shape index (κ1) is 13.0. The van der Waals surface area contributed by atoms with Gasteiger partial charge in [0, 0.05) is 19.0 Å². The molecule has 2 saturated heterocycles. The van der Waals surface area contributed by atoms with Crippen LogP contribution in [0, 0.1) is 5.92 Å². The summed E-state index contributed by atoms with van der Waals surface area (Å²) in [4.78, 5) is 14.6. The third-order valence-corrected chi connectivity index (χ3v) is 4.08. The van der Waals surface area contributed by atoms with Gasteiger partial charge >= 0.3 is 0 Å². The third kappa shape index (κ3) is 3.29. The topological polar surface area (TPSA) is 29.5 Å². The average molecular weight is 239 g/mol. The van der Waals surface area contributed by atoms with Crippen LogP contribution in [0.5, 0.6) is 0 Å². The van der Waals surface area contributed by atoms with Gasteiger partial charge in [-0.05, 0) is 25.3 Å². The molecule has 0 aromatic rings. The molecule has 3 unspecified atom stereocenters. The van der Waals surface area contributed by atoms with Gasteiger partial charge in [-0.15, -0.1) is 0 Å². The van der Waals surface area contributed by atoms with E-state index in [9.17, 15) is 4.79 Å². The van der Waals surface area contributed by atoms with Gasteiger partial charge in [0.15, 0.2) is 5.78 Å². The van der Waals surface area contributed by atoms with Crippen LogP contribution in [-0.4, -0.2) is 42.5 Å². The molecule has 0 aliphatic carbocycles. The molecule has 3 heteroatoms. The average Bonchev–Trinajstić information content (AvgIpc) is 2.75. The van der Waals surface area contributed by atoms with Crippen LogP contribution in [-0.2, 0) is 9.53 Å². The van der Waals surface area contributed by atoms with E-state index in [4.69, 9.17) is 4.74 Å². The fraction of sp³-hybridized carbons (Fsp3) is 0.929. The van der Waals surface area contributed by atoms with Crippen LogP contribution in [0.1, 0.15) is 46.0 Å². The number of rotatable bonds is 5. The standard InChI is InChI=1S/C14H25NO2/c1-3-5-11(2)8-13(16)14-9-15-7-4-6-12(15)10-17-14/h11-12,14H,3-10H2,1-2H3. The fourth-order valence-electron chi connectivity index (χ4n) is 3.08. The van der Waals surface area contributed by atoms with Crippen molar-refractivity contribution >= 4 is 5.78 Å². The number of fused-ring (bicyclic) bond motifs is 1. The fourth-order valence-corrected chi connectivity index (χ4v) is 3.08. The highest BCUT2D eigenvalue weighted by Crippen LogP contribution is 2.24.